The van der Waals surface area contributed by atoms with Crippen LogP contribution in [0.25, 0.3) is 0 Å². The van der Waals surface area contributed by atoms with Gasteiger partial charge in [-0.25, -0.2) is 4.79 Å². The second-order valence-electron chi connectivity index (χ2n) is 9.18. The van der Waals surface area contributed by atoms with Gasteiger partial charge in [0, 0.05) is 38.6 Å². The van der Waals surface area contributed by atoms with Crippen LogP contribution in [0.2, 0.25) is 5.02 Å². The Morgan fingerprint density at radius 3 is 2.30 bits per heavy atom. The summed E-state index contributed by atoms with van der Waals surface area (Å²) in [4.78, 5) is 31.0. The quantitative estimate of drug-likeness (QED) is 0.623. The van der Waals surface area contributed by atoms with Gasteiger partial charge in [0.15, 0.2) is 11.5 Å². The van der Waals surface area contributed by atoms with Gasteiger partial charge in [-0.15, -0.1) is 0 Å². The van der Waals surface area contributed by atoms with E-state index in [1.807, 2.05) is 17.0 Å². The van der Waals surface area contributed by atoms with Gasteiger partial charge in [-0.1, -0.05) is 17.7 Å². The average molecular weight is 480 g/mol. The summed E-state index contributed by atoms with van der Waals surface area (Å²) in [6.07, 6.45) is 2.75. The van der Waals surface area contributed by atoms with E-state index in [1.54, 1.807) is 26.0 Å². The van der Waals surface area contributed by atoms with Crippen molar-refractivity contribution < 1.29 is 23.8 Å². The van der Waals surface area contributed by atoms with E-state index in [0.29, 0.717) is 49.3 Å². The lowest BCUT2D eigenvalue weighted by molar-refractivity contribution is -0.135. The van der Waals surface area contributed by atoms with Gasteiger partial charge in [-0.3, -0.25) is 9.69 Å². The van der Waals surface area contributed by atoms with Crippen LogP contribution in [0.1, 0.15) is 31.7 Å². The molecule has 2 amide bonds. The molecule has 9 heteroatoms. The van der Waals surface area contributed by atoms with Crippen molar-refractivity contribution in [2.75, 3.05) is 60.1 Å². The normalized spacial score (nSPS) is 22.2. The number of likely N-dealkylation sites (tertiary alicyclic amines) is 1. The van der Waals surface area contributed by atoms with E-state index >= 15 is 0 Å². The molecular formula is C24H34ClN3O5. The number of amides is 2. The van der Waals surface area contributed by atoms with Crippen LogP contribution >= 0.6 is 11.6 Å². The third kappa shape index (κ3) is 4.87. The topological polar surface area (TPSA) is 71.6 Å². The van der Waals surface area contributed by atoms with Crippen molar-refractivity contribution in [3.05, 3.63) is 22.7 Å². The molecular weight excluding hydrogens is 446 g/mol. The first-order valence-corrected chi connectivity index (χ1v) is 12.1. The molecule has 1 atom stereocenters. The first-order valence-electron chi connectivity index (χ1n) is 11.7. The maximum atomic E-state index is 13.1. The number of ether oxygens (including phenoxy) is 3. The van der Waals surface area contributed by atoms with E-state index in [2.05, 4.69) is 4.90 Å². The minimum absolute atomic E-state index is 0.124. The van der Waals surface area contributed by atoms with Crippen LogP contribution in [-0.2, 0) is 16.1 Å². The maximum Gasteiger partial charge on any atom is 0.409 e. The summed E-state index contributed by atoms with van der Waals surface area (Å²) in [6, 6.07) is 3.89. The molecule has 2 heterocycles. The Bertz CT molecular complexity index is 879. The minimum atomic E-state index is -0.283. The molecule has 0 unspecified atom stereocenters. The molecule has 3 fully saturated rings. The molecule has 4 rings (SSSR count). The Morgan fingerprint density at radius 1 is 1.03 bits per heavy atom. The summed E-state index contributed by atoms with van der Waals surface area (Å²) in [7, 11) is 3.20. The molecule has 8 nitrogen and oxygen atoms in total. The van der Waals surface area contributed by atoms with E-state index in [1.165, 1.54) is 0 Å². The van der Waals surface area contributed by atoms with Crippen LogP contribution in [0, 0.1) is 11.3 Å². The van der Waals surface area contributed by atoms with Crippen molar-refractivity contribution in [3.63, 3.8) is 0 Å². The molecule has 0 aromatic heterocycles. The number of hydrogen-bond donors (Lipinski definition) is 0. The predicted molar refractivity (Wildman–Crippen MR) is 125 cm³/mol. The van der Waals surface area contributed by atoms with Crippen LogP contribution in [0.15, 0.2) is 12.1 Å². The molecule has 1 aromatic carbocycles. The highest BCUT2D eigenvalue weighted by atomic mass is 35.5. The molecule has 0 bridgehead atoms. The van der Waals surface area contributed by atoms with E-state index < -0.39 is 0 Å². The summed E-state index contributed by atoms with van der Waals surface area (Å²) in [5.41, 5.74) is 1.17. The molecule has 0 N–H and O–H groups in total. The van der Waals surface area contributed by atoms with Crippen LogP contribution in [0.5, 0.6) is 11.5 Å². The van der Waals surface area contributed by atoms with E-state index in [-0.39, 0.29) is 23.3 Å². The number of piperazine rings is 1. The van der Waals surface area contributed by atoms with Crippen LogP contribution in [0.4, 0.5) is 4.79 Å². The first kappa shape index (κ1) is 24.0. The Morgan fingerprint density at radius 2 is 1.70 bits per heavy atom. The zero-order chi connectivity index (χ0) is 23.6. The Balaban J connectivity index is 1.27. The fourth-order valence-corrected chi connectivity index (χ4v) is 5.54. The lowest BCUT2D eigenvalue weighted by Gasteiger charge is -2.36. The summed E-state index contributed by atoms with van der Waals surface area (Å²) in [6.45, 7) is 7.10. The number of rotatable bonds is 6. The summed E-state index contributed by atoms with van der Waals surface area (Å²) in [5, 5.41) is 0.596. The van der Waals surface area contributed by atoms with Gasteiger partial charge in [0.2, 0.25) is 5.91 Å². The largest absolute Gasteiger partial charge is 0.493 e. The van der Waals surface area contributed by atoms with Crippen LogP contribution in [0.3, 0.4) is 0 Å². The second kappa shape index (κ2) is 9.97. The number of nitrogens with zero attached hydrogens (tertiary/aromatic N) is 3. The minimum Gasteiger partial charge on any atom is -0.493 e. The predicted octanol–water partition coefficient (Wildman–Crippen LogP) is 3.26. The molecule has 1 saturated carbocycles. The lowest BCUT2D eigenvalue weighted by atomic mass is 9.90. The van der Waals surface area contributed by atoms with Gasteiger partial charge in [0.25, 0.3) is 0 Å². The smallest absolute Gasteiger partial charge is 0.409 e. The van der Waals surface area contributed by atoms with Crippen LogP contribution < -0.4 is 9.47 Å². The number of carbonyl (C=O) groups excluding carboxylic acids is 2. The molecule has 1 aromatic rings. The number of halogens is 1. The first-order chi connectivity index (χ1) is 15.9. The highest BCUT2D eigenvalue weighted by Gasteiger charge is 2.59. The average Bonchev–Trinajstić information content (AvgIpc) is 3.54. The van der Waals surface area contributed by atoms with Crippen molar-refractivity contribution in [1.82, 2.24) is 14.7 Å². The van der Waals surface area contributed by atoms with Gasteiger partial charge >= 0.3 is 6.09 Å². The van der Waals surface area contributed by atoms with Gasteiger partial charge in [-0.2, -0.15) is 0 Å². The summed E-state index contributed by atoms with van der Waals surface area (Å²) in [5.74, 6) is 1.58. The zero-order valence-corrected chi connectivity index (χ0v) is 20.5. The Hall–Kier alpha value is -2.19. The van der Waals surface area contributed by atoms with Crippen molar-refractivity contribution in [3.8, 4) is 11.5 Å². The highest BCUT2D eigenvalue weighted by Crippen LogP contribution is 2.60. The standard InChI is InChI=1S/C24H34ClN3O5/c1-4-33-23(30)28-13-11-27(12-14-28)22(29)18-15-24(18)7-9-26(10-8-24)16-17-5-6-19(31-2)21(32-3)20(17)25/h5-6,18H,4,7-16H2,1-3H3/t18-/m0/s1. The third-order valence-corrected chi connectivity index (χ3v) is 7.83. The number of hydrogen-bond acceptors (Lipinski definition) is 6. The lowest BCUT2D eigenvalue weighted by Crippen LogP contribution is -2.51. The van der Waals surface area contributed by atoms with E-state index in [9.17, 15) is 9.59 Å². The molecule has 182 valence electrons. The summed E-state index contributed by atoms with van der Waals surface area (Å²) >= 11 is 6.56. The number of carbonyl (C=O) groups is 2. The van der Waals surface area contributed by atoms with Gasteiger partial charge in [0.1, 0.15) is 0 Å². The number of benzene rings is 1. The van der Waals surface area contributed by atoms with Crippen molar-refractivity contribution in [2.24, 2.45) is 11.3 Å². The highest BCUT2D eigenvalue weighted by molar-refractivity contribution is 6.33. The number of methoxy groups -OCH3 is 2. The fraction of sp³-hybridized carbons (Fsp3) is 0.667. The maximum absolute atomic E-state index is 13.1. The summed E-state index contributed by atoms with van der Waals surface area (Å²) < 4.78 is 15.8. The third-order valence-electron chi connectivity index (χ3n) is 7.42. The van der Waals surface area contributed by atoms with Gasteiger partial charge in [-0.05, 0) is 56.3 Å². The SMILES string of the molecule is CCOC(=O)N1CCN(C(=O)[C@@H]2CC23CCN(Cc2ccc(OC)c(OC)c2Cl)CC3)CC1. The molecule has 0 radical (unpaired) electrons. The van der Waals surface area contributed by atoms with E-state index in [0.717, 1.165) is 44.5 Å². The molecule has 2 aliphatic heterocycles. The number of piperidine rings is 1. The molecule has 2 saturated heterocycles. The van der Waals surface area contributed by atoms with Crippen molar-refractivity contribution in [2.45, 2.75) is 32.7 Å². The fourth-order valence-electron chi connectivity index (χ4n) is 5.24. The molecule has 33 heavy (non-hydrogen) atoms. The Labute approximate surface area is 200 Å². The van der Waals surface area contributed by atoms with Crippen molar-refractivity contribution >= 4 is 23.6 Å². The molecule has 1 aliphatic carbocycles. The van der Waals surface area contributed by atoms with E-state index in [4.69, 9.17) is 25.8 Å². The molecule has 3 aliphatic rings. The zero-order valence-electron chi connectivity index (χ0n) is 19.8. The van der Waals surface area contributed by atoms with Crippen molar-refractivity contribution in [1.29, 1.82) is 0 Å². The Kier molecular flexibility index (Phi) is 7.24. The van der Waals surface area contributed by atoms with Gasteiger partial charge in [0.05, 0.1) is 25.8 Å². The van der Waals surface area contributed by atoms with Crippen LogP contribution in [-0.4, -0.2) is 86.8 Å². The molecule has 1 spiro atoms. The second-order valence-corrected chi connectivity index (χ2v) is 9.56. The monoisotopic (exact) mass is 479 g/mol. The van der Waals surface area contributed by atoms with Gasteiger partial charge < -0.3 is 24.0 Å².